The van der Waals surface area contributed by atoms with Gasteiger partial charge in [0.1, 0.15) is 11.3 Å². The molecule has 3 aromatic heterocycles. The number of aldehydes is 1. The SMILES string of the molecule is C.CC(=O)CC(=O)c1ccccc1.CC=C(C)C.CNNC.Cn1c(-c2ccccc2)c(C(=O)O)c(=O)n1C.Cn1c(-c2ccccc2)c(C=O)c(=O)n1C.Cn1c(-c2ccccc2)cc(=O)n1C. The van der Waals surface area contributed by atoms with E-state index in [4.69, 9.17) is 5.11 Å². The number of ketones is 2. The molecule has 0 aliphatic rings. The molecule has 3 N–H and O–H groups in total. The number of nitrogens with one attached hydrogen (secondary N) is 2. The Hall–Kier alpha value is -7.95. The maximum atomic E-state index is 11.8. The average Bonchev–Trinajstić information content (AvgIpc) is 3.84. The zero-order valence-electron chi connectivity index (χ0n) is 41.0. The number of carbonyl (C=O) groups is 4. The molecule has 16 nitrogen and oxygen atoms in total. The van der Waals surface area contributed by atoms with Gasteiger partial charge in [0, 0.05) is 65.0 Å². The van der Waals surface area contributed by atoms with Gasteiger partial charge < -0.3 is 5.11 Å². The quantitative estimate of drug-likeness (QED) is 0.0430. The molecule has 4 aromatic carbocycles. The van der Waals surface area contributed by atoms with Crippen molar-refractivity contribution >= 4 is 23.8 Å². The molecular weight excluding hydrogens is 877 g/mol. The molecular formula is C53H68N8O8. The molecule has 69 heavy (non-hydrogen) atoms. The number of Topliss-reactive ketones (excluding diaryl/α,β-unsaturated/α-hetero) is 2. The van der Waals surface area contributed by atoms with Crippen LogP contribution in [0.4, 0.5) is 0 Å². The molecule has 7 rings (SSSR count). The number of allylic oxidation sites excluding steroid dienone is 2. The molecule has 0 saturated carbocycles. The fourth-order valence-corrected chi connectivity index (χ4v) is 6.06. The van der Waals surface area contributed by atoms with Crippen LogP contribution in [0.1, 0.15) is 72.6 Å². The van der Waals surface area contributed by atoms with Crippen molar-refractivity contribution in [3.05, 3.63) is 187 Å². The number of hydrazine groups is 1. The molecule has 0 radical (unpaired) electrons. The summed E-state index contributed by atoms with van der Waals surface area (Å²) < 4.78 is 9.36. The van der Waals surface area contributed by atoms with Gasteiger partial charge in [0.05, 0.1) is 23.5 Å². The molecule has 0 unspecified atom stereocenters. The van der Waals surface area contributed by atoms with Crippen molar-refractivity contribution in [1.82, 2.24) is 38.9 Å². The van der Waals surface area contributed by atoms with E-state index in [1.165, 1.54) is 21.9 Å². The summed E-state index contributed by atoms with van der Waals surface area (Å²) in [4.78, 5) is 78.8. The Labute approximate surface area is 404 Å². The molecule has 0 atom stereocenters. The number of aromatic carboxylic acids is 1. The van der Waals surface area contributed by atoms with Crippen LogP contribution in [0, 0.1) is 0 Å². The van der Waals surface area contributed by atoms with Gasteiger partial charge in [-0.25, -0.2) is 4.79 Å². The number of aromatic nitrogens is 6. The second-order valence-corrected chi connectivity index (χ2v) is 15.2. The highest BCUT2D eigenvalue weighted by atomic mass is 16.4. The second-order valence-electron chi connectivity index (χ2n) is 15.2. The van der Waals surface area contributed by atoms with Crippen molar-refractivity contribution < 1.29 is 24.3 Å². The Kier molecular flexibility index (Phi) is 25.4. The lowest BCUT2D eigenvalue weighted by Crippen LogP contribution is -2.21. The summed E-state index contributed by atoms with van der Waals surface area (Å²) in [6, 6.07) is 38.8. The Morgan fingerprint density at radius 1 is 0.565 bits per heavy atom. The molecule has 0 bridgehead atoms. The van der Waals surface area contributed by atoms with Crippen molar-refractivity contribution in [2.24, 2.45) is 42.3 Å². The fourth-order valence-electron chi connectivity index (χ4n) is 6.06. The summed E-state index contributed by atoms with van der Waals surface area (Å²) in [5.74, 6) is -1.41. The van der Waals surface area contributed by atoms with Crippen molar-refractivity contribution in [3.63, 3.8) is 0 Å². The summed E-state index contributed by atoms with van der Waals surface area (Å²) in [5, 5.41) is 9.12. The molecule has 3 heterocycles. The number of carboxylic acids is 1. The number of rotatable bonds is 9. The minimum absolute atomic E-state index is 0. The zero-order chi connectivity index (χ0) is 51.1. The smallest absolute Gasteiger partial charge is 0.343 e. The molecule has 0 aliphatic heterocycles. The van der Waals surface area contributed by atoms with Gasteiger partial charge in [-0.15, -0.1) is 0 Å². The van der Waals surface area contributed by atoms with E-state index in [1.54, 1.807) is 104 Å². The Morgan fingerprint density at radius 3 is 1.32 bits per heavy atom. The third kappa shape index (κ3) is 17.0. The highest BCUT2D eigenvalue weighted by Gasteiger charge is 2.23. The predicted molar refractivity (Wildman–Crippen MR) is 277 cm³/mol. The lowest BCUT2D eigenvalue weighted by atomic mass is 10.1. The van der Waals surface area contributed by atoms with E-state index in [0.29, 0.717) is 28.8 Å². The first-order valence-corrected chi connectivity index (χ1v) is 21.4. The largest absolute Gasteiger partial charge is 0.477 e. The van der Waals surface area contributed by atoms with Gasteiger partial charge in [0.15, 0.2) is 17.6 Å². The molecule has 0 amide bonds. The molecule has 16 heteroatoms. The van der Waals surface area contributed by atoms with E-state index in [0.717, 1.165) is 16.8 Å². The lowest BCUT2D eigenvalue weighted by molar-refractivity contribution is -0.116. The third-order valence-corrected chi connectivity index (χ3v) is 10.3. The number of hydrogen-bond donors (Lipinski definition) is 3. The van der Waals surface area contributed by atoms with E-state index in [2.05, 4.69) is 30.8 Å². The van der Waals surface area contributed by atoms with E-state index < -0.39 is 11.5 Å². The summed E-state index contributed by atoms with van der Waals surface area (Å²) in [7, 11) is 13.9. The number of carboxylic acid groups (broad SMARTS) is 1. The van der Waals surface area contributed by atoms with Gasteiger partial charge in [-0.3, -0.25) is 67.7 Å². The highest BCUT2D eigenvalue weighted by molar-refractivity contribution is 6.07. The van der Waals surface area contributed by atoms with Crippen molar-refractivity contribution in [3.8, 4) is 33.8 Å². The Morgan fingerprint density at radius 2 is 0.957 bits per heavy atom. The van der Waals surface area contributed by atoms with Crippen LogP contribution in [0.15, 0.2) is 153 Å². The molecule has 368 valence electrons. The summed E-state index contributed by atoms with van der Waals surface area (Å²) >= 11 is 0. The molecule has 0 spiro atoms. The summed E-state index contributed by atoms with van der Waals surface area (Å²) in [5.41, 5.74) is 11.3. The van der Waals surface area contributed by atoms with Gasteiger partial charge in [0.25, 0.3) is 16.7 Å². The van der Waals surface area contributed by atoms with Gasteiger partial charge in [-0.1, -0.05) is 140 Å². The lowest BCUT2D eigenvalue weighted by Gasteiger charge is -2.06. The fraction of sp³-hybridized carbons (Fsp3) is 0.264. The number of nitrogens with zero attached hydrogens (tertiary/aromatic N) is 6. The third-order valence-electron chi connectivity index (χ3n) is 10.3. The van der Waals surface area contributed by atoms with Crippen molar-refractivity contribution in [1.29, 1.82) is 0 Å². The van der Waals surface area contributed by atoms with Crippen LogP contribution < -0.4 is 27.5 Å². The van der Waals surface area contributed by atoms with Gasteiger partial charge in [-0.2, -0.15) is 0 Å². The minimum Gasteiger partial charge on any atom is -0.477 e. The van der Waals surface area contributed by atoms with Crippen LogP contribution in [0.3, 0.4) is 0 Å². The van der Waals surface area contributed by atoms with Crippen LogP contribution in [0.2, 0.25) is 0 Å². The maximum absolute atomic E-state index is 11.8. The first-order chi connectivity index (χ1) is 32.3. The van der Waals surface area contributed by atoms with Crippen LogP contribution in [-0.2, 0) is 47.1 Å². The normalized spacial score (nSPS) is 9.68. The van der Waals surface area contributed by atoms with Crippen LogP contribution in [0.25, 0.3) is 33.8 Å². The number of hydrogen-bond acceptors (Lipinski definition) is 9. The van der Waals surface area contributed by atoms with Crippen molar-refractivity contribution in [2.75, 3.05) is 14.1 Å². The molecule has 0 saturated heterocycles. The van der Waals surface area contributed by atoms with Crippen LogP contribution in [0.5, 0.6) is 0 Å². The monoisotopic (exact) mass is 945 g/mol. The highest BCUT2D eigenvalue weighted by Crippen LogP contribution is 2.22. The van der Waals surface area contributed by atoms with Gasteiger partial charge >= 0.3 is 5.97 Å². The summed E-state index contributed by atoms with van der Waals surface area (Å²) in [6.45, 7) is 7.62. The minimum atomic E-state index is -1.20. The van der Waals surface area contributed by atoms with E-state index in [-0.39, 0.29) is 47.7 Å². The number of benzene rings is 4. The van der Waals surface area contributed by atoms with Crippen LogP contribution in [-0.4, -0.2) is 71.1 Å². The Bertz CT molecular complexity index is 2910. The Balaban J connectivity index is 0.000000434. The van der Waals surface area contributed by atoms with Gasteiger partial charge in [-0.05, 0) is 47.4 Å². The maximum Gasteiger partial charge on any atom is 0.343 e. The van der Waals surface area contributed by atoms with Crippen molar-refractivity contribution in [2.45, 2.75) is 41.5 Å². The first kappa shape index (κ1) is 59.1. The predicted octanol–water partition coefficient (Wildman–Crippen LogP) is 7.48. The second kappa shape index (κ2) is 29.6. The molecule has 0 aliphatic carbocycles. The van der Waals surface area contributed by atoms with E-state index in [1.807, 2.05) is 106 Å². The van der Waals surface area contributed by atoms with Crippen LogP contribution >= 0.6 is 0 Å². The zero-order valence-corrected chi connectivity index (χ0v) is 41.0. The summed E-state index contributed by atoms with van der Waals surface area (Å²) in [6.07, 6.45) is 2.70. The molecule has 0 fully saturated rings. The topological polar surface area (TPSA) is 193 Å². The van der Waals surface area contributed by atoms with Gasteiger partial charge in [0.2, 0.25) is 0 Å². The average molecular weight is 945 g/mol. The number of carbonyl (C=O) groups excluding carboxylic acids is 3. The van der Waals surface area contributed by atoms with E-state index >= 15 is 0 Å². The molecule has 7 aromatic rings. The standard InChI is InChI=1S/C12H12N2O3.C12H12N2O2.C11H12N2O.C10H10O2.C5H10.C2H8N2.CH4/c1-13-10(8-6-4-3-5-7-8)9(12(16)17)11(15)14(13)2;1-13-11(9-6-4-3-5-7-9)10(8-15)12(16)14(13)2;1-12-10(8-11(14)13(12)2)9-6-4-3-5-7-9;1-8(11)7-10(12)9-5-3-2-4-6-9;1-4-5(2)3;1-3-4-2;/h3-7H,1-2H3,(H,16,17);3-8H,1-2H3;3-8H,1-2H3;2-6H,7H2,1H3;4H,1-3H3;3-4H,1-2H3;1H4. The van der Waals surface area contributed by atoms with E-state index in [9.17, 15) is 33.6 Å². The first-order valence-electron chi connectivity index (χ1n) is 21.4.